The fourth-order valence-electron chi connectivity index (χ4n) is 2.91. The zero-order valence-electron chi connectivity index (χ0n) is 14.1. The summed E-state index contributed by atoms with van der Waals surface area (Å²) in [6, 6.07) is 7.45. The van der Waals surface area contributed by atoms with Crippen molar-refractivity contribution in [2.45, 2.75) is 59.8 Å². The summed E-state index contributed by atoms with van der Waals surface area (Å²) in [4.78, 5) is 22.2. The Hall–Kier alpha value is -1.35. The fraction of sp³-hybridized carbons (Fsp3) is 0.579. The van der Waals surface area contributed by atoms with Gasteiger partial charge in [0.15, 0.2) is 0 Å². The molecule has 1 radical (unpaired) electrons. The molecule has 0 aromatic heterocycles. The van der Waals surface area contributed by atoms with E-state index in [2.05, 4.69) is 27.7 Å². The molecule has 0 atom stereocenters. The molecule has 1 aliphatic rings. The van der Waals surface area contributed by atoms with Crippen LogP contribution in [0.5, 0.6) is 0 Å². The van der Waals surface area contributed by atoms with Crippen molar-refractivity contribution in [2.75, 3.05) is 0 Å². The zero-order chi connectivity index (χ0) is 16.2. The van der Waals surface area contributed by atoms with Gasteiger partial charge in [0.25, 0.3) is 0 Å². The van der Waals surface area contributed by atoms with Gasteiger partial charge in [0.05, 0.1) is 5.56 Å². The Balaban J connectivity index is 1.77. The molecule has 2 rings (SSSR count). The number of hydrogen-bond acceptors (Lipinski definition) is 3. The molecule has 0 unspecified atom stereocenters. The lowest BCUT2D eigenvalue weighted by molar-refractivity contribution is -0.241. The van der Waals surface area contributed by atoms with Crippen molar-refractivity contribution in [2.24, 2.45) is 11.3 Å². The number of carbonyl (C=O) groups is 1. The molecule has 0 spiro atoms. The second kappa shape index (κ2) is 7.28. The van der Waals surface area contributed by atoms with E-state index in [1.807, 2.05) is 12.1 Å². The first-order chi connectivity index (χ1) is 10.4. The topological polar surface area (TPSA) is 35.5 Å². The second-order valence-electron chi connectivity index (χ2n) is 7.18. The molecule has 1 saturated carbocycles. The molecule has 0 amide bonds. The van der Waals surface area contributed by atoms with Crippen molar-refractivity contribution in [3.8, 4) is 0 Å². The summed E-state index contributed by atoms with van der Waals surface area (Å²) in [7, 11) is 0. The van der Waals surface area contributed by atoms with E-state index in [1.54, 1.807) is 12.1 Å². The fourth-order valence-corrected chi connectivity index (χ4v) is 2.91. The summed E-state index contributed by atoms with van der Waals surface area (Å²) >= 11 is 0. The molecule has 3 heteroatoms. The van der Waals surface area contributed by atoms with E-state index in [9.17, 15) is 4.79 Å². The molecule has 0 bridgehead atoms. The van der Waals surface area contributed by atoms with E-state index >= 15 is 0 Å². The molecule has 1 aliphatic carbocycles. The predicted octanol–water partition coefficient (Wildman–Crippen LogP) is 5.11. The van der Waals surface area contributed by atoms with Gasteiger partial charge < -0.3 is 0 Å². The zero-order valence-corrected chi connectivity index (χ0v) is 14.1. The van der Waals surface area contributed by atoms with Gasteiger partial charge >= 0.3 is 5.97 Å². The van der Waals surface area contributed by atoms with Crippen molar-refractivity contribution >= 4 is 5.97 Å². The Labute approximate surface area is 133 Å². The van der Waals surface area contributed by atoms with E-state index in [1.165, 1.54) is 5.56 Å². The Morgan fingerprint density at radius 2 is 1.73 bits per heavy atom. The minimum atomic E-state index is -0.423. The second-order valence-corrected chi connectivity index (χ2v) is 7.18. The largest absolute Gasteiger partial charge is 0.373 e. The molecular formula is C19H27O3. The van der Waals surface area contributed by atoms with Gasteiger partial charge in [-0.2, -0.15) is 4.89 Å². The van der Waals surface area contributed by atoms with E-state index in [-0.39, 0.29) is 0 Å². The summed E-state index contributed by atoms with van der Waals surface area (Å²) in [5, 5.41) is 0. The lowest BCUT2D eigenvalue weighted by Gasteiger charge is -2.35. The molecule has 1 aromatic carbocycles. The average Bonchev–Trinajstić information content (AvgIpc) is 2.52. The molecule has 0 heterocycles. The van der Waals surface area contributed by atoms with Crippen molar-refractivity contribution in [3.05, 3.63) is 41.5 Å². The summed E-state index contributed by atoms with van der Waals surface area (Å²) in [6.45, 7) is 8.93. The molecule has 1 fully saturated rings. The first-order valence-electron chi connectivity index (χ1n) is 8.22. The third-order valence-electron chi connectivity index (χ3n) is 4.60. The highest BCUT2D eigenvalue weighted by molar-refractivity contribution is 5.88. The van der Waals surface area contributed by atoms with Gasteiger partial charge in [-0.1, -0.05) is 39.8 Å². The molecule has 0 N–H and O–H groups in total. The minimum Gasteiger partial charge on any atom is -0.292 e. The van der Waals surface area contributed by atoms with E-state index in [4.69, 9.17) is 9.78 Å². The molecule has 1 aromatic rings. The molecular weight excluding hydrogens is 276 g/mol. The van der Waals surface area contributed by atoms with E-state index in [0.717, 1.165) is 38.2 Å². The normalized spacial score (nSPS) is 17.5. The van der Waals surface area contributed by atoms with Crippen LogP contribution in [0, 0.1) is 17.4 Å². The number of hydrogen-bond donors (Lipinski definition) is 0. The first kappa shape index (κ1) is 17.0. The SMILES string of the molecule is CCc1ccc(C(=O)OO[C]2CCC(C(C)(C)C)CC2)cc1. The molecule has 22 heavy (non-hydrogen) atoms. The summed E-state index contributed by atoms with van der Waals surface area (Å²) in [5.74, 6) is 0.283. The average molecular weight is 303 g/mol. The van der Waals surface area contributed by atoms with Gasteiger partial charge in [0.1, 0.15) is 6.10 Å². The number of carbonyl (C=O) groups excluding carboxylic acids is 1. The van der Waals surface area contributed by atoms with E-state index < -0.39 is 5.97 Å². The third-order valence-corrected chi connectivity index (χ3v) is 4.60. The molecule has 3 nitrogen and oxygen atoms in total. The van der Waals surface area contributed by atoms with Crippen LogP contribution in [0.25, 0.3) is 0 Å². The van der Waals surface area contributed by atoms with Crippen LogP contribution in [0.15, 0.2) is 24.3 Å². The Bertz CT molecular complexity index is 476. The van der Waals surface area contributed by atoms with Crippen molar-refractivity contribution in [1.82, 2.24) is 0 Å². The smallest absolute Gasteiger partial charge is 0.292 e. The number of rotatable bonds is 4. The highest BCUT2D eigenvalue weighted by Gasteiger charge is 2.31. The molecule has 0 aliphatic heterocycles. The molecule has 0 saturated heterocycles. The predicted molar refractivity (Wildman–Crippen MR) is 87.0 cm³/mol. The van der Waals surface area contributed by atoms with Crippen LogP contribution in [0.4, 0.5) is 0 Å². The standard InChI is InChI=1S/C19H27O3/c1-5-14-6-8-15(9-7-14)18(20)22-21-17-12-10-16(11-13-17)19(2,3)4/h6-9,16H,5,10-13H2,1-4H3. The van der Waals surface area contributed by atoms with Gasteiger partial charge in [-0.25, -0.2) is 4.79 Å². The number of aryl methyl sites for hydroxylation is 1. The quantitative estimate of drug-likeness (QED) is 0.573. The van der Waals surface area contributed by atoms with Crippen LogP contribution in [0.2, 0.25) is 0 Å². The monoisotopic (exact) mass is 303 g/mol. The number of benzene rings is 1. The van der Waals surface area contributed by atoms with Crippen LogP contribution >= 0.6 is 0 Å². The maximum Gasteiger partial charge on any atom is 0.373 e. The molecule has 121 valence electrons. The van der Waals surface area contributed by atoms with Crippen LogP contribution in [0.3, 0.4) is 0 Å². The Morgan fingerprint density at radius 1 is 1.14 bits per heavy atom. The lowest BCUT2D eigenvalue weighted by Crippen LogP contribution is -2.26. The maximum absolute atomic E-state index is 11.9. The minimum absolute atomic E-state index is 0.337. The Morgan fingerprint density at radius 3 is 2.23 bits per heavy atom. The summed E-state index contributed by atoms with van der Waals surface area (Å²) < 4.78 is 0. The van der Waals surface area contributed by atoms with Gasteiger partial charge in [-0.15, -0.1) is 0 Å². The highest BCUT2D eigenvalue weighted by Crippen LogP contribution is 2.40. The Kier molecular flexibility index (Phi) is 5.63. The maximum atomic E-state index is 11.9. The van der Waals surface area contributed by atoms with Crippen molar-refractivity contribution in [1.29, 1.82) is 0 Å². The van der Waals surface area contributed by atoms with Crippen LogP contribution in [-0.2, 0) is 16.2 Å². The van der Waals surface area contributed by atoms with Crippen LogP contribution in [0.1, 0.15) is 69.3 Å². The van der Waals surface area contributed by atoms with Gasteiger partial charge in [-0.05, 0) is 61.1 Å². The summed E-state index contributed by atoms with van der Waals surface area (Å²) in [6.07, 6.45) is 5.80. The van der Waals surface area contributed by atoms with Crippen LogP contribution in [-0.4, -0.2) is 5.97 Å². The van der Waals surface area contributed by atoms with Crippen LogP contribution < -0.4 is 0 Å². The van der Waals surface area contributed by atoms with Crippen molar-refractivity contribution in [3.63, 3.8) is 0 Å². The van der Waals surface area contributed by atoms with Gasteiger partial charge in [0.2, 0.25) is 0 Å². The van der Waals surface area contributed by atoms with Gasteiger partial charge in [0, 0.05) is 0 Å². The summed E-state index contributed by atoms with van der Waals surface area (Å²) in [5.41, 5.74) is 2.07. The van der Waals surface area contributed by atoms with E-state index in [0.29, 0.717) is 16.9 Å². The van der Waals surface area contributed by atoms with Crippen molar-refractivity contribution < 1.29 is 14.6 Å². The third kappa shape index (κ3) is 4.57. The lowest BCUT2D eigenvalue weighted by atomic mass is 9.72. The highest BCUT2D eigenvalue weighted by atomic mass is 17.2. The van der Waals surface area contributed by atoms with Gasteiger partial charge in [-0.3, -0.25) is 4.89 Å². The first-order valence-corrected chi connectivity index (χ1v) is 8.22.